The SMILES string of the molecule is Cc1ccc(C#Cc2ccc3c(c2)OCO3)cc1. The molecule has 0 aliphatic carbocycles. The van der Waals surface area contributed by atoms with E-state index in [-0.39, 0.29) is 0 Å². The minimum atomic E-state index is 0.296. The molecule has 0 fully saturated rings. The summed E-state index contributed by atoms with van der Waals surface area (Å²) in [6.45, 7) is 2.36. The zero-order valence-corrected chi connectivity index (χ0v) is 10.1. The van der Waals surface area contributed by atoms with Crippen LogP contribution in [-0.2, 0) is 0 Å². The molecule has 1 heterocycles. The van der Waals surface area contributed by atoms with Crippen molar-refractivity contribution >= 4 is 0 Å². The topological polar surface area (TPSA) is 18.5 Å². The van der Waals surface area contributed by atoms with Gasteiger partial charge in [0.15, 0.2) is 11.5 Å². The molecule has 0 radical (unpaired) electrons. The van der Waals surface area contributed by atoms with Crippen molar-refractivity contribution in [3.63, 3.8) is 0 Å². The van der Waals surface area contributed by atoms with Gasteiger partial charge >= 0.3 is 0 Å². The summed E-state index contributed by atoms with van der Waals surface area (Å²) < 4.78 is 10.6. The zero-order chi connectivity index (χ0) is 12.4. The molecule has 0 saturated carbocycles. The van der Waals surface area contributed by atoms with Gasteiger partial charge in [0.1, 0.15) is 0 Å². The van der Waals surface area contributed by atoms with Gasteiger partial charge in [-0.25, -0.2) is 0 Å². The number of aryl methyl sites for hydroxylation is 1. The molecule has 0 atom stereocenters. The summed E-state index contributed by atoms with van der Waals surface area (Å²) in [4.78, 5) is 0. The third-order valence-electron chi connectivity index (χ3n) is 2.78. The summed E-state index contributed by atoms with van der Waals surface area (Å²) >= 11 is 0. The minimum Gasteiger partial charge on any atom is -0.454 e. The highest BCUT2D eigenvalue weighted by Crippen LogP contribution is 2.32. The lowest BCUT2D eigenvalue weighted by atomic mass is 10.1. The third kappa shape index (κ3) is 2.16. The molecule has 2 nitrogen and oxygen atoms in total. The van der Waals surface area contributed by atoms with Gasteiger partial charge in [-0.1, -0.05) is 29.5 Å². The molecular formula is C16H12O2. The van der Waals surface area contributed by atoms with E-state index >= 15 is 0 Å². The quantitative estimate of drug-likeness (QED) is 0.654. The summed E-state index contributed by atoms with van der Waals surface area (Å²) in [7, 11) is 0. The van der Waals surface area contributed by atoms with Gasteiger partial charge in [-0.05, 0) is 37.3 Å². The van der Waals surface area contributed by atoms with Crippen LogP contribution in [0.25, 0.3) is 0 Å². The smallest absolute Gasteiger partial charge is 0.231 e. The van der Waals surface area contributed by atoms with Crippen LogP contribution in [0.3, 0.4) is 0 Å². The van der Waals surface area contributed by atoms with Gasteiger partial charge in [0.2, 0.25) is 6.79 Å². The first-order valence-corrected chi connectivity index (χ1v) is 5.79. The van der Waals surface area contributed by atoms with Crippen LogP contribution in [0.1, 0.15) is 16.7 Å². The summed E-state index contributed by atoms with van der Waals surface area (Å²) in [6.07, 6.45) is 0. The van der Waals surface area contributed by atoms with Crippen LogP contribution in [0.5, 0.6) is 11.5 Å². The van der Waals surface area contributed by atoms with Gasteiger partial charge in [0.05, 0.1) is 0 Å². The van der Waals surface area contributed by atoms with Crippen molar-refractivity contribution in [1.29, 1.82) is 0 Å². The predicted octanol–water partition coefficient (Wildman–Crippen LogP) is 3.12. The third-order valence-corrected chi connectivity index (χ3v) is 2.78. The number of hydrogen-bond donors (Lipinski definition) is 0. The molecule has 0 bridgehead atoms. The predicted molar refractivity (Wildman–Crippen MR) is 69.7 cm³/mol. The Morgan fingerprint density at radius 3 is 2.33 bits per heavy atom. The molecule has 3 rings (SSSR count). The van der Waals surface area contributed by atoms with Gasteiger partial charge in [-0.2, -0.15) is 0 Å². The highest BCUT2D eigenvalue weighted by atomic mass is 16.7. The molecule has 2 aromatic rings. The molecule has 0 aromatic heterocycles. The number of rotatable bonds is 0. The van der Waals surface area contributed by atoms with E-state index in [1.165, 1.54) is 5.56 Å². The molecule has 0 spiro atoms. The lowest BCUT2D eigenvalue weighted by molar-refractivity contribution is 0.174. The van der Waals surface area contributed by atoms with Gasteiger partial charge in [-0.15, -0.1) is 0 Å². The van der Waals surface area contributed by atoms with Crippen molar-refractivity contribution in [2.75, 3.05) is 6.79 Å². The van der Waals surface area contributed by atoms with E-state index in [9.17, 15) is 0 Å². The molecule has 0 unspecified atom stereocenters. The van der Waals surface area contributed by atoms with E-state index in [0.29, 0.717) is 6.79 Å². The number of hydrogen-bond acceptors (Lipinski definition) is 2. The summed E-state index contributed by atoms with van der Waals surface area (Å²) in [5.41, 5.74) is 3.18. The minimum absolute atomic E-state index is 0.296. The fourth-order valence-corrected chi connectivity index (χ4v) is 1.76. The van der Waals surface area contributed by atoms with Gasteiger partial charge in [0, 0.05) is 11.1 Å². The van der Waals surface area contributed by atoms with E-state index in [1.807, 2.05) is 30.3 Å². The van der Waals surface area contributed by atoms with Crippen LogP contribution in [0, 0.1) is 18.8 Å². The molecule has 2 aromatic carbocycles. The average Bonchev–Trinajstić information content (AvgIpc) is 2.85. The van der Waals surface area contributed by atoms with Crippen LogP contribution in [0.4, 0.5) is 0 Å². The van der Waals surface area contributed by atoms with Crippen molar-refractivity contribution in [2.45, 2.75) is 6.92 Å². The van der Waals surface area contributed by atoms with Crippen molar-refractivity contribution in [3.8, 4) is 23.3 Å². The second kappa shape index (κ2) is 4.46. The molecule has 0 amide bonds. The fourth-order valence-electron chi connectivity index (χ4n) is 1.76. The van der Waals surface area contributed by atoms with Crippen LogP contribution in [0.15, 0.2) is 42.5 Å². The van der Waals surface area contributed by atoms with E-state index in [0.717, 1.165) is 22.6 Å². The van der Waals surface area contributed by atoms with Crippen LogP contribution in [-0.4, -0.2) is 6.79 Å². The Hall–Kier alpha value is -2.40. The van der Waals surface area contributed by atoms with Crippen molar-refractivity contribution in [3.05, 3.63) is 59.2 Å². The van der Waals surface area contributed by atoms with E-state index in [1.54, 1.807) is 0 Å². The normalized spacial score (nSPS) is 11.8. The average molecular weight is 236 g/mol. The summed E-state index contributed by atoms with van der Waals surface area (Å²) in [6, 6.07) is 13.9. The Morgan fingerprint density at radius 2 is 1.50 bits per heavy atom. The van der Waals surface area contributed by atoms with E-state index < -0.39 is 0 Å². The molecule has 2 heteroatoms. The molecule has 88 valence electrons. The van der Waals surface area contributed by atoms with Crippen LogP contribution >= 0.6 is 0 Å². The lowest BCUT2D eigenvalue weighted by Crippen LogP contribution is -1.92. The molecule has 1 aliphatic rings. The number of fused-ring (bicyclic) bond motifs is 1. The second-order valence-electron chi connectivity index (χ2n) is 4.18. The first kappa shape index (κ1) is 10.7. The molecule has 1 aliphatic heterocycles. The van der Waals surface area contributed by atoms with E-state index in [2.05, 4.69) is 30.9 Å². The highest BCUT2D eigenvalue weighted by Gasteiger charge is 2.12. The first-order chi connectivity index (χ1) is 8.81. The Morgan fingerprint density at radius 1 is 0.833 bits per heavy atom. The zero-order valence-electron chi connectivity index (χ0n) is 10.1. The van der Waals surface area contributed by atoms with Crippen LogP contribution in [0.2, 0.25) is 0 Å². The molecule has 0 N–H and O–H groups in total. The monoisotopic (exact) mass is 236 g/mol. The maximum absolute atomic E-state index is 5.32. The Labute approximate surface area is 106 Å². The van der Waals surface area contributed by atoms with Gasteiger partial charge in [-0.3, -0.25) is 0 Å². The lowest BCUT2D eigenvalue weighted by Gasteiger charge is -1.95. The highest BCUT2D eigenvalue weighted by molar-refractivity contribution is 5.51. The standard InChI is InChI=1S/C16H12O2/c1-12-2-4-13(5-3-12)6-7-14-8-9-15-16(10-14)18-11-17-15/h2-5,8-10H,11H2,1H3. The molecule has 0 saturated heterocycles. The van der Waals surface area contributed by atoms with E-state index in [4.69, 9.17) is 9.47 Å². The summed E-state index contributed by atoms with van der Waals surface area (Å²) in [5, 5.41) is 0. The second-order valence-corrected chi connectivity index (χ2v) is 4.18. The molecular weight excluding hydrogens is 224 g/mol. The maximum atomic E-state index is 5.32. The Bertz CT molecular complexity index is 630. The number of ether oxygens (including phenoxy) is 2. The maximum Gasteiger partial charge on any atom is 0.231 e. The first-order valence-electron chi connectivity index (χ1n) is 5.79. The number of benzene rings is 2. The van der Waals surface area contributed by atoms with Crippen molar-refractivity contribution < 1.29 is 9.47 Å². The van der Waals surface area contributed by atoms with Crippen molar-refractivity contribution in [2.24, 2.45) is 0 Å². The molecule has 18 heavy (non-hydrogen) atoms. The Balaban J connectivity index is 1.87. The van der Waals surface area contributed by atoms with Crippen molar-refractivity contribution in [1.82, 2.24) is 0 Å². The Kier molecular flexibility index (Phi) is 2.66. The van der Waals surface area contributed by atoms with Gasteiger partial charge < -0.3 is 9.47 Å². The largest absolute Gasteiger partial charge is 0.454 e. The van der Waals surface area contributed by atoms with Gasteiger partial charge in [0.25, 0.3) is 0 Å². The summed E-state index contributed by atoms with van der Waals surface area (Å²) in [5.74, 6) is 7.81. The van der Waals surface area contributed by atoms with Crippen LogP contribution < -0.4 is 9.47 Å². The fraction of sp³-hybridized carbons (Fsp3) is 0.125.